The fraction of sp³-hybridized carbons (Fsp3) is 0.556. The van der Waals surface area contributed by atoms with Gasteiger partial charge in [0.05, 0.1) is 10.2 Å². The van der Waals surface area contributed by atoms with Crippen molar-refractivity contribution in [1.82, 2.24) is 14.8 Å². The number of hydrogen-bond acceptors (Lipinski definition) is 6. The van der Waals surface area contributed by atoms with Gasteiger partial charge >= 0.3 is 0 Å². The van der Waals surface area contributed by atoms with Gasteiger partial charge in [0.2, 0.25) is 0 Å². The van der Waals surface area contributed by atoms with Crippen LogP contribution >= 0.6 is 11.3 Å². The Balaban J connectivity index is 1.62. The van der Waals surface area contributed by atoms with Crippen LogP contribution < -0.4 is 5.73 Å². The van der Waals surface area contributed by atoms with Gasteiger partial charge in [-0.25, -0.2) is 4.98 Å². The number of likely N-dealkylation sites (N-methyl/N-ethyl adjacent to an activating group) is 1. The Hall–Kier alpha value is -1.70. The summed E-state index contributed by atoms with van der Waals surface area (Å²) in [6.07, 6.45) is 1.97. The number of ether oxygens (including phenoxy) is 1. The molecule has 25 heavy (non-hydrogen) atoms. The topological polar surface area (TPSA) is 71.7 Å². The number of aryl methyl sites for hydroxylation is 1. The largest absolute Gasteiger partial charge is 0.381 e. The fourth-order valence-corrected chi connectivity index (χ4v) is 4.90. The second kappa shape index (κ2) is 6.23. The molecule has 2 saturated heterocycles. The summed E-state index contributed by atoms with van der Waals surface area (Å²) in [7, 11) is 2.17. The van der Waals surface area contributed by atoms with E-state index >= 15 is 0 Å². The number of benzene rings is 1. The molecule has 2 aromatic rings. The van der Waals surface area contributed by atoms with Crippen molar-refractivity contribution in [3.63, 3.8) is 0 Å². The number of piperazine rings is 1. The highest BCUT2D eigenvalue weighted by molar-refractivity contribution is 7.22. The standard InChI is InChI=1S/C18H24N4O2S/c1-12-9-13(10-14-15(12)20-17(19)25-14)16(23)22-6-5-21(2)18(11-22)3-7-24-8-4-18/h9-10H,3-8,11H2,1-2H3,(H2,19,20). The van der Waals surface area contributed by atoms with Gasteiger partial charge < -0.3 is 15.4 Å². The summed E-state index contributed by atoms with van der Waals surface area (Å²) in [6, 6.07) is 3.88. The second-order valence-corrected chi connectivity index (χ2v) is 8.24. The third-order valence-electron chi connectivity index (χ3n) is 5.66. The minimum absolute atomic E-state index is 0.0558. The van der Waals surface area contributed by atoms with Crippen LogP contribution in [0.1, 0.15) is 28.8 Å². The summed E-state index contributed by atoms with van der Waals surface area (Å²) < 4.78 is 6.53. The molecular formula is C18H24N4O2S. The van der Waals surface area contributed by atoms with Gasteiger partial charge in [-0.1, -0.05) is 11.3 Å². The number of thiazole rings is 1. The summed E-state index contributed by atoms with van der Waals surface area (Å²) in [5.41, 5.74) is 8.53. The van der Waals surface area contributed by atoms with Crippen LogP contribution in [0.5, 0.6) is 0 Å². The Kier molecular flexibility index (Phi) is 4.17. The zero-order valence-corrected chi connectivity index (χ0v) is 15.6. The first-order valence-corrected chi connectivity index (χ1v) is 9.55. The fourth-order valence-electron chi connectivity index (χ4n) is 4.05. The van der Waals surface area contributed by atoms with Gasteiger partial charge in [0.25, 0.3) is 5.91 Å². The van der Waals surface area contributed by atoms with Crippen LogP contribution in [0.3, 0.4) is 0 Å². The molecule has 0 saturated carbocycles. The second-order valence-electron chi connectivity index (χ2n) is 7.18. The van der Waals surface area contributed by atoms with Gasteiger partial charge in [-0.05, 0) is 44.5 Å². The van der Waals surface area contributed by atoms with Crippen molar-refractivity contribution in [2.45, 2.75) is 25.3 Å². The molecular weight excluding hydrogens is 336 g/mol. The molecule has 1 aromatic heterocycles. The van der Waals surface area contributed by atoms with Crippen molar-refractivity contribution < 1.29 is 9.53 Å². The van der Waals surface area contributed by atoms with Gasteiger partial charge in [-0.3, -0.25) is 9.69 Å². The number of carbonyl (C=O) groups is 1. The summed E-state index contributed by atoms with van der Waals surface area (Å²) in [4.78, 5) is 21.9. The molecule has 134 valence electrons. The number of anilines is 1. The Morgan fingerprint density at radius 3 is 2.84 bits per heavy atom. The van der Waals surface area contributed by atoms with E-state index < -0.39 is 0 Å². The lowest BCUT2D eigenvalue weighted by atomic mass is 9.85. The van der Waals surface area contributed by atoms with E-state index in [0.29, 0.717) is 5.13 Å². The lowest BCUT2D eigenvalue weighted by molar-refractivity contribution is -0.0543. The average Bonchev–Trinajstić information content (AvgIpc) is 2.98. The number of amides is 1. The number of fused-ring (bicyclic) bond motifs is 1. The van der Waals surface area contributed by atoms with E-state index in [1.807, 2.05) is 24.0 Å². The first-order chi connectivity index (χ1) is 12.0. The predicted molar refractivity (Wildman–Crippen MR) is 100 cm³/mol. The summed E-state index contributed by atoms with van der Waals surface area (Å²) in [5.74, 6) is 0.107. The molecule has 1 spiro atoms. The van der Waals surface area contributed by atoms with Crippen molar-refractivity contribution in [2.24, 2.45) is 0 Å². The molecule has 0 unspecified atom stereocenters. The van der Waals surface area contributed by atoms with E-state index in [1.165, 1.54) is 11.3 Å². The number of aromatic nitrogens is 1. The highest BCUT2D eigenvalue weighted by atomic mass is 32.1. The summed E-state index contributed by atoms with van der Waals surface area (Å²) in [6.45, 7) is 5.98. The van der Waals surface area contributed by atoms with Crippen LogP contribution in [0.2, 0.25) is 0 Å². The van der Waals surface area contributed by atoms with Gasteiger partial charge in [0, 0.05) is 44.0 Å². The minimum Gasteiger partial charge on any atom is -0.381 e. The van der Waals surface area contributed by atoms with Gasteiger partial charge in [0.1, 0.15) is 0 Å². The van der Waals surface area contributed by atoms with Crippen LogP contribution in [0, 0.1) is 6.92 Å². The summed E-state index contributed by atoms with van der Waals surface area (Å²) >= 11 is 1.44. The van der Waals surface area contributed by atoms with Gasteiger partial charge in [0.15, 0.2) is 5.13 Å². The predicted octanol–water partition coefficient (Wildman–Crippen LogP) is 2.12. The zero-order valence-electron chi connectivity index (χ0n) is 14.7. The molecule has 2 N–H and O–H groups in total. The van der Waals surface area contributed by atoms with Crippen molar-refractivity contribution in [3.8, 4) is 0 Å². The number of carbonyl (C=O) groups excluding carboxylic acids is 1. The van der Waals surface area contributed by atoms with E-state index in [9.17, 15) is 4.79 Å². The van der Waals surface area contributed by atoms with Crippen molar-refractivity contribution >= 4 is 32.6 Å². The molecule has 2 aliphatic heterocycles. The van der Waals surface area contributed by atoms with Crippen molar-refractivity contribution in [3.05, 3.63) is 23.3 Å². The number of rotatable bonds is 1. The van der Waals surface area contributed by atoms with Crippen LogP contribution in [-0.4, -0.2) is 66.1 Å². The molecule has 2 fully saturated rings. The van der Waals surface area contributed by atoms with E-state index in [2.05, 4.69) is 16.9 Å². The average molecular weight is 360 g/mol. The Morgan fingerprint density at radius 2 is 2.08 bits per heavy atom. The van der Waals surface area contributed by atoms with Crippen LogP contribution in [0.15, 0.2) is 12.1 Å². The number of hydrogen-bond donors (Lipinski definition) is 1. The quantitative estimate of drug-likeness (QED) is 0.843. The third-order valence-corrected chi connectivity index (χ3v) is 6.49. The first kappa shape index (κ1) is 16.8. The van der Waals surface area contributed by atoms with Crippen LogP contribution in [-0.2, 0) is 4.74 Å². The maximum absolute atomic E-state index is 13.2. The number of nitrogens with zero attached hydrogens (tertiary/aromatic N) is 3. The maximum Gasteiger partial charge on any atom is 0.254 e. The van der Waals surface area contributed by atoms with Gasteiger partial charge in [-0.15, -0.1) is 0 Å². The molecule has 3 heterocycles. The number of nitrogen functional groups attached to an aromatic ring is 1. The zero-order chi connectivity index (χ0) is 17.6. The summed E-state index contributed by atoms with van der Waals surface area (Å²) in [5, 5.41) is 0.545. The van der Waals surface area contributed by atoms with Crippen molar-refractivity contribution in [1.29, 1.82) is 0 Å². The monoisotopic (exact) mass is 360 g/mol. The molecule has 0 aliphatic carbocycles. The van der Waals surface area contributed by atoms with Gasteiger partial charge in [-0.2, -0.15) is 0 Å². The molecule has 1 aromatic carbocycles. The molecule has 1 amide bonds. The lowest BCUT2D eigenvalue weighted by Crippen LogP contribution is -2.63. The molecule has 0 radical (unpaired) electrons. The Labute approximate surface area is 151 Å². The molecule has 7 heteroatoms. The highest BCUT2D eigenvalue weighted by Crippen LogP contribution is 2.32. The maximum atomic E-state index is 13.2. The normalized spacial score (nSPS) is 21.1. The van der Waals surface area contributed by atoms with E-state index in [1.54, 1.807) is 0 Å². The Bertz CT molecular complexity index is 813. The molecule has 6 nitrogen and oxygen atoms in total. The van der Waals surface area contributed by atoms with E-state index in [4.69, 9.17) is 10.5 Å². The molecule has 0 bridgehead atoms. The smallest absolute Gasteiger partial charge is 0.254 e. The lowest BCUT2D eigenvalue weighted by Gasteiger charge is -2.51. The van der Waals surface area contributed by atoms with E-state index in [0.717, 1.165) is 67.0 Å². The minimum atomic E-state index is 0.0558. The SMILES string of the molecule is Cc1cc(C(=O)N2CCN(C)C3(CCOCC3)C2)cc2sc(N)nc12. The highest BCUT2D eigenvalue weighted by Gasteiger charge is 2.42. The number of nitrogens with two attached hydrogens (primary N) is 1. The first-order valence-electron chi connectivity index (χ1n) is 8.73. The molecule has 0 atom stereocenters. The Morgan fingerprint density at radius 1 is 1.32 bits per heavy atom. The van der Waals surface area contributed by atoms with Crippen molar-refractivity contribution in [2.75, 3.05) is 45.6 Å². The molecule has 2 aliphatic rings. The third kappa shape index (κ3) is 2.90. The van der Waals surface area contributed by atoms with Crippen LogP contribution in [0.25, 0.3) is 10.2 Å². The molecule has 4 rings (SSSR count). The van der Waals surface area contributed by atoms with Crippen LogP contribution in [0.4, 0.5) is 5.13 Å². The van der Waals surface area contributed by atoms with E-state index in [-0.39, 0.29) is 11.4 Å².